The van der Waals surface area contributed by atoms with Crippen LogP contribution in [0.2, 0.25) is 0 Å². The first-order valence-corrected chi connectivity index (χ1v) is 7.70. The van der Waals surface area contributed by atoms with Crippen LogP contribution < -0.4 is 16.2 Å². The number of rotatable bonds is 8. The number of aromatic nitrogens is 2. The number of anilines is 2. The molecule has 6 nitrogen and oxygen atoms in total. The number of nitrogens with two attached hydrogens (primary N) is 1. The lowest BCUT2D eigenvalue weighted by molar-refractivity contribution is 0.372. The summed E-state index contributed by atoms with van der Waals surface area (Å²) in [5, 5.41) is 0. The second-order valence-electron chi connectivity index (χ2n) is 5.73. The van der Waals surface area contributed by atoms with Crippen molar-refractivity contribution in [1.82, 2.24) is 14.9 Å². The summed E-state index contributed by atoms with van der Waals surface area (Å²) in [5.74, 6) is 8.17. The van der Waals surface area contributed by atoms with Gasteiger partial charge in [0.05, 0.1) is 0 Å². The van der Waals surface area contributed by atoms with Gasteiger partial charge in [-0.25, -0.2) is 15.8 Å². The highest BCUT2D eigenvalue weighted by atomic mass is 15.3. The second-order valence-corrected chi connectivity index (χ2v) is 5.73. The van der Waals surface area contributed by atoms with Crippen LogP contribution in [0, 0.1) is 6.92 Å². The SMILES string of the molecule is CCCc1nc(NN)c(C)c(N(CC)C(C)CN(C)C)n1. The molecule has 0 aliphatic heterocycles. The maximum absolute atomic E-state index is 5.62. The number of aryl methyl sites for hydroxylation is 1. The van der Waals surface area contributed by atoms with Crippen molar-refractivity contribution in [2.75, 3.05) is 37.5 Å². The van der Waals surface area contributed by atoms with Crippen molar-refractivity contribution in [1.29, 1.82) is 0 Å². The predicted octanol–water partition coefficient (Wildman–Crippen LogP) is 1.80. The zero-order valence-electron chi connectivity index (χ0n) is 14.3. The summed E-state index contributed by atoms with van der Waals surface area (Å²) in [6.07, 6.45) is 1.88. The molecule has 21 heavy (non-hydrogen) atoms. The standard InChI is InChI=1S/C15H30N6/c1-7-9-13-17-14(19-16)12(4)15(18-13)21(8-2)11(3)10-20(5)6/h11H,7-10,16H2,1-6H3,(H,17,18,19). The van der Waals surface area contributed by atoms with E-state index in [1.165, 1.54) is 0 Å². The Morgan fingerprint density at radius 1 is 1.24 bits per heavy atom. The van der Waals surface area contributed by atoms with Crippen LogP contribution in [0.1, 0.15) is 38.6 Å². The monoisotopic (exact) mass is 294 g/mol. The summed E-state index contributed by atoms with van der Waals surface area (Å²) in [5.41, 5.74) is 3.71. The molecule has 1 atom stereocenters. The van der Waals surface area contributed by atoms with Gasteiger partial charge >= 0.3 is 0 Å². The zero-order chi connectivity index (χ0) is 16.0. The van der Waals surface area contributed by atoms with Crippen LogP contribution >= 0.6 is 0 Å². The van der Waals surface area contributed by atoms with Gasteiger partial charge in [0.25, 0.3) is 0 Å². The van der Waals surface area contributed by atoms with Crippen LogP contribution in [-0.2, 0) is 6.42 Å². The number of likely N-dealkylation sites (N-methyl/N-ethyl adjacent to an activating group) is 2. The van der Waals surface area contributed by atoms with E-state index in [0.29, 0.717) is 6.04 Å². The van der Waals surface area contributed by atoms with Gasteiger partial charge in [0.1, 0.15) is 17.5 Å². The normalized spacial score (nSPS) is 12.6. The highest BCUT2D eigenvalue weighted by Crippen LogP contribution is 2.25. The van der Waals surface area contributed by atoms with Gasteiger partial charge in [-0.05, 0) is 41.3 Å². The fourth-order valence-corrected chi connectivity index (χ4v) is 2.60. The number of hydrazine groups is 1. The van der Waals surface area contributed by atoms with E-state index in [1.54, 1.807) is 0 Å². The molecule has 0 bridgehead atoms. The molecule has 0 aromatic carbocycles. The van der Waals surface area contributed by atoms with E-state index >= 15 is 0 Å². The molecule has 0 spiro atoms. The highest BCUT2D eigenvalue weighted by Gasteiger charge is 2.20. The Labute approximate surface area is 128 Å². The topological polar surface area (TPSA) is 70.3 Å². The highest BCUT2D eigenvalue weighted by molar-refractivity contribution is 5.58. The molecule has 1 rings (SSSR count). The van der Waals surface area contributed by atoms with E-state index in [-0.39, 0.29) is 0 Å². The zero-order valence-corrected chi connectivity index (χ0v) is 14.3. The van der Waals surface area contributed by atoms with Crippen LogP contribution in [-0.4, -0.2) is 48.1 Å². The molecule has 0 saturated heterocycles. The van der Waals surface area contributed by atoms with Gasteiger partial charge in [0.15, 0.2) is 0 Å². The van der Waals surface area contributed by atoms with E-state index in [1.807, 2.05) is 6.92 Å². The third kappa shape index (κ3) is 4.54. The minimum Gasteiger partial charge on any atom is -0.353 e. The third-order valence-corrected chi connectivity index (χ3v) is 3.55. The fourth-order valence-electron chi connectivity index (χ4n) is 2.60. The molecule has 1 aromatic heterocycles. The molecule has 0 aliphatic rings. The molecule has 0 amide bonds. The Hall–Kier alpha value is -1.40. The van der Waals surface area contributed by atoms with Crippen molar-refractivity contribution in [2.24, 2.45) is 5.84 Å². The number of nitrogens with zero attached hydrogens (tertiary/aromatic N) is 4. The summed E-state index contributed by atoms with van der Waals surface area (Å²) in [4.78, 5) is 13.8. The Balaban J connectivity index is 3.20. The Bertz CT molecular complexity index is 446. The van der Waals surface area contributed by atoms with Crippen LogP contribution in [0.25, 0.3) is 0 Å². The number of nitrogens with one attached hydrogen (secondary N) is 1. The first kappa shape index (κ1) is 17.7. The summed E-state index contributed by atoms with van der Waals surface area (Å²) in [7, 11) is 4.18. The van der Waals surface area contributed by atoms with Crippen molar-refractivity contribution in [3.05, 3.63) is 11.4 Å². The molecule has 0 saturated carbocycles. The maximum Gasteiger partial charge on any atom is 0.148 e. The molecular formula is C15H30N6. The molecular weight excluding hydrogens is 264 g/mol. The predicted molar refractivity (Wildman–Crippen MR) is 89.6 cm³/mol. The summed E-state index contributed by atoms with van der Waals surface area (Å²) < 4.78 is 0. The lowest BCUT2D eigenvalue weighted by atomic mass is 10.2. The summed E-state index contributed by atoms with van der Waals surface area (Å²) in [6, 6.07) is 0.374. The van der Waals surface area contributed by atoms with Crippen molar-refractivity contribution in [3.8, 4) is 0 Å². The van der Waals surface area contributed by atoms with Crippen LogP contribution in [0.4, 0.5) is 11.6 Å². The van der Waals surface area contributed by atoms with Gasteiger partial charge in [-0.1, -0.05) is 6.92 Å². The molecule has 3 N–H and O–H groups in total. The summed E-state index contributed by atoms with van der Waals surface area (Å²) >= 11 is 0. The van der Waals surface area contributed by atoms with Crippen LogP contribution in [0.3, 0.4) is 0 Å². The smallest absolute Gasteiger partial charge is 0.148 e. The van der Waals surface area contributed by atoms with Crippen LogP contribution in [0.5, 0.6) is 0 Å². The number of nitrogen functional groups attached to an aromatic ring is 1. The van der Waals surface area contributed by atoms with Gasteiger partial charge in [-0.15, -0.1) is 0 Å². The minimum atomic E-state index is 0.374. The molecule has 1 unspecified atom stereocenters. The van der Waals surface area contributed by atoms with Crippen molar-refractivity contribution in [2.45, 2.75) is 46.6 Å². The maximum atomic E-state index is 5.62. The van der Waals surface area contributed by atoms with Crippen molar-refractivity contribution < 1.29 is 0 Å². The first-order chi connectivity index (χ1) is 9.94. The fraction of sp³-hybridized carbons (Fsp3) is 0.733. The summed E-state index contributed by atoms with van der Waals surface area (Å²) in [6.45, 7) is 10.4. The average Bonchev–Trinajstić information content (AvgIpc) is 2.42. The molecule has 120 valence electrons. The molecule has 0 fully saturated rings. The molecule has 1 heterocycles. The van der Waals surface area contributed by atoms with E-state index in [4.69, 9.17) is 10.8 Å². The minimum absolute atomic E-state index is 0.374. The third-order valence-electron chi connectivity index (χ3n) is 3.55. The van der Waals surface area contributed by atoms with Crippen LogP contribution in [0.15, 0.2) is 0 Å². The second kappa shape index (κ2) is 8.14. The molecule has 1 aromatic rings. The lowest BCUT2D eigenvalue weighted by Crippen LogP contribution is -2.41. The molecule has 0 radical (unpaired) electrons. The van der Waals surface area contributed by atoms with Crippen molar-refractivity contribution >= 4 is 11.6 Å². The van der Waals surface area contributed by atoms with E-state index < -0.39 is 0 Å². The van der Waals surface area contributed by atoms with E-state index in [0.717, 1.165) is 49.0 Å². The van der Waals surface area contributed by atoms with Gasteiger partial charge in [-0.3, -0.25) is 0 Å². The Kier molecular flexibility index (Phi) is 6.84. The quantitative estimate of drug-likeness (QED) is 0.563. The number of hydrogen-bond donors (Lipinski definition) is 2. The molecule has 0 aliphatic carbocycles. The Morgan fingerprint density at radius 3 is 2.38 bits per heavy atom. The van der Waals surface area contributed by atoms with E-state index in [2.05, 4.69) is 55.1 Å². The lowest BCUT2D eigenvalue weighted by Gasteiger charge is -2.32. The largest absolute Gasteiger partial charge is 0.353 e. The first-order valence-electron chi connectivity index (χ1n) is 7.70. The van der Waals surface area contributed by atoms with Crippen molar-refractivity contribution in [3.63, 3.8) is 0 Å². The van der Waals surface area contributed by atoms with Gasteiger partial charge in [0, 0.05) is 31.1 Å². The van der Waals surface area contributed by atoms with Gasteiger partial charge in [-0.2, -0.15) is 0 Å². The average molecular weight is 294 g/mol. The number of hydrogen-bond acceptors (Lipinski definition) is 6. The Morgan fingerprint density at radius 2 is 1.90 bits per heavy atom. The van der Waals surface area contributed by atoms with Gasteiger partial charge in [0.2, 0.25) is 0 Å². The van der Waals surface area contributed by atoms with Gasteiger partial charge < -0.3 is 15.2 Å². The van der Waals surface area contributed by atoms with E-state index in [9.17, 15) is 0 Å². The molecule has 6 heteroatoms.